The van der Waals surface area contributed by atoms with Crippen LogP contribution in [0.2, 0.25) is 0 Å². The van der Waals surface area contributed by atoms with E-state index in [1.54, 1.807) is 5.56 Å². The molecule has 0 saturated heterocycles. The Morgan fingerprint density at radius 3 is 1.78 bits per heavy atom. The topological polar surface area (TPSA) is 0 Å². The Morgan fingerprint density at radius 1 is 0.667 bits per heavy atom. The second-order valence-corrected chi connectivity index (χ2v) is 16.6. The summed E-state index contributed by atoms with van der Waals surface area (Å²) < 4.78 is 7.89. The Morgan fingerprint density at radius 2 is 1.22 bits per heavy atom. The van der Waals surface area contributed by atoms with Crippen LogP contribution in [-0.4, -0.2) is 0 Å². The lowest BCUT2D eigenvalue weighted by atomic mass is 9.79. The van der Waals surface area contributed by atoms with E-state index < -0.39 is 0 Å². The number of rotatable bonds is 4. The second kappa shape index (κ2) is 14.0. The highest BCUT2D eigenvalue weighted by atomic mass is 127. The molecule has 0 radical (unpaired) electrons. The number of hydrogen-bond donors (Lipinski definition) is 0. The second-order valence-electron chi connectivity index (χ2n) is 9.67. The number of hydrogen-bond acceptors (Lipinski definition) is 0. The van der Waals surface area contributed by atoms with Gasteiger partial charge in [-0.15, -0.1) is 0 Å². The average Bonchev–Trinajstić information content (AvgIpc) is 2.81. The van der Waals surface area contributed by atoms with Crippen LogP contribution in [0.25, 0.3) is 0 Å². The van der Waals surface area contributed by atoms with Crippen LogP contribution in [0, 0.1) is 46.1 Å². The molecule has 6 heteroatoms. The normalized spacial score (nSPS) is 17.6. The first-order valence-corrected chi connectivity index (χ1v) is 18.5. The van der Waals surface area contributed by atoms with Gasteiger partial charge in [0.25, 0.3) is 0 Å². The molecule has 0 N–H and O–H groups in total. The molecule has 1 aliphatic rings. The van der Waals surface area contributed by atoms with Gasteiger partial charge in [-0.1, -0.05) is 31.6 Å². The molecule has 0 spiro atoms. The Bertz CT molecular complexity index is 1270. The van der Waals surface area contributed by atoms with Crippen LogP contribution in [0.3, 0.4) is 0 Å². The number of aryl methyl sites for hydroxylation is 1. The summed E-state index contributed by atoms with van der Waals surface area (Å²) in [5.41, 5.74) is 8.01. The molecule has 1 aliphatic carbocycles. The lowest BCUT2D eigenvalue weighted by Crippen LogP contribution is -2.12. The largest absolute Gasteiger partial charge is 0.0625 e. The van der Waals surface area contributed by atoms with Crippen molar-refractivity contribution in [3.63, 3.8) is 0 Å². The minimum absolute atomic E-state index is 0.751. The molecule has 3 aromatic carbocycles. The van der Waals surface area contributed by atoms with Gasteiger partial charge in [0, 0.05) is 27.0 Å². The fraction of sp³-hybridized carbons (Fsp3) is 0.333. The molecule has 1 saturated carbocycles. The lowest BCUT2D eigenvalue weighted by molar-refractivity contribution is 0.348. The van der Waals surface area contributed by atoms with Crippen LogP contribution in [-0.2, 0) is 12.8 Å². The van der Waals surface area contributed by atoms with Gasteiger partial charge in [-0.3, -0.25) is 0 Å². The molecule has 188 valence electrons. The summed E-state index contributed by atoms with van der Waals surface area (Å²) >= 11 is 14.9. The van der Waals surface area contributed by atoms with Crippen LogP contribution in [0.4, 0.5) is 0 Å². The van der Waals surface area contributed by atoms with Crippen LogP contribution < -0.4 is 0 Å². The molecule has 0 aromatic heterocycles. The predicted octanol–water partition coefficient (Wildman–Crippen LogP) is 11.1. The van der Waals surface area contributed by atoms with Crippen molar-refractivity contribution >= 4 is 136 Å². The molecule has 1 fully saturated rings. The van der Waals surface area contributed by atoms with Crippen molar-refractivity contribution in [1.82, 2.24) is 0 Å². The maximum atomic E-state index is 3.46. The van der Waals surface area contributed by atoms with Crippen LogP contribution in [0.15, 0.2) is 36.4 Å². The first-order valence-electron chi connectivity index (χ1n) is 12.1. The van der Waals surface area contributed by atoms with Crippen molar-refractivity contribution in [3.8, 4) is 11.8 Å². The third-order valence-electron chi connectivity index (χ3n) is 7.03. The summed E-state index contributed by atoms with van der Waals surface area (Å²) in [6.45, 7) is 4.57. The minimum atomic E-state index is 0.751. The zero-order valence-corrected chi connectivity index (χ0v) is 33.1. The average molecular weight is 1150 g/mol. The molecule has 0 aliphatic heterocycles. The highest BCUT2D eigenvalue weighted by molar-refractivity contribution is 14.1. The molecule has 0 unspecified atom stereocenters. The van der Waals surface area contributed by atoms with Gasteiger partial charge in [0.2, 0.25) is 0 Å². The quantitative estimate of drug-likeness (QED) is 0.180. The molecule has 0 heterocycles. The first-order chi connectivity index (χ1) is 17.1. The Hall–Kier alpha value is 1.60. The van der Waals surface area contributed by atoms with E-state index in [2.05, 4.69) is 198 Å². The standard InChI is InChI=1S/C30H26I6/c1-17-3-7-21(8-4-17)22-15-29(35)24(30(36)16-22)10-6-20-13-27(33)23(28(34)14-20)9-5-19-11-25(31)18(2)26(32)12-19/h11-17,21H,3-4,6-8,10H2,1-2H3. The van der Waals surface area contributed by atoms with Gasteiger partial charge in [0.15, 0.2) is 0 Å². The molecule has 0 amide bonds. The first kappa shape index (κ1) is 30.6. The monoisotopic (exact) mass is 1150 g/mol. The van der Waals surface area contributed by atoms with Crippen molar-refractivity contribution in [2.24, 2.45) is 5.92 Å². The van der Waals surface area contributed by atoms with E-state index in [-0.39, 0.29) is 0 Å². The van der Waals surface area contributed by atoms with Gasteiger partial charge in [-0.25, -0.2) is 0 Å². The van der Waals surface area contributed by atoms with Gasteiger partial charge < -0.3 is 0 Å². The molecule has 4 rings (SSSR count). The summed E-state index contributed by atoms with van der Waals surface area (Å²) in [6.07, 6.45) is 7.58. The van der Waals surface area contributed by atoms with Gasteiger partial charge >= 0.3 is 0 Å². The fourth-order valence-corrected chi connectivity index (χ4v) is 11.0. The van der Waals surface area contributed by atoms with E-state index in [1.807, 2.05) is 0 Å². The van der Waals surface area contributed by atoms with Gasteiger partial charge in [-0.2, -0.15) is 0 Å². The van der Waals surface area contributed by atoms with Gasteiger partial charge in [-0.05, 0) is 239 Å². The van der Waals surface area contributed by atoms with E-state index in [0.29, 0.717) is 0 Å². The number of halogens is 6. The molecule has 0 bridgehead atoms. The molecule has 36 heavy (non-hydrogen) atoms. The molecule has 0 nitrogen and oxygen atoms in total. The van der Waals surface area contributed by atoms with E-state index >= 15 is 0 Å². The van der Waals surface area contributed by atoms with Crippen molar-refractivity contribution in [1.29, 1.82) is 0 Å². The maximum absolute atomic E-state index is 3.46. The fourth-order valence-electron chi connectivity index (χ4n) is 4.70. The maximum Gasteiger partial charge on any atom is 0.0516 e. The zero-order valence-electron chi connectivity index (χ0n) is 20.1. The highest BCUT2D eigenvalue weighted by Gasteiger charge is 2.21. The summed E-state index contributed by atoms with van der Waals surface area (Å²) in [7, 11) is 0. The van der Waals surface area contributed by atoms with E-state index in [1.165, 1.54) is 63.8 Å². The highest BCUT2D eigenvalue weighted by Crippen LogP contribution is 2.37. The number of benzene rings is 3. The summed E-state index contributed by atoms with van der Waals surface area (Å²) in [4.78, 5) is 0. The molecule has 0 atom stereocenters. The van der Waals surface area contributed by atoms with Gasteiger partial charge in [0.05, 0.1) is 5.56 Å². The Balaban J connectivity index is 1.49. The van der Waals surface area contributed by atoms with Gasteiger partial charge in [0.1, 0.15) is 0 Å². The van der Waals surface area contributed by atoms with Crippen LogP contribution in [0.5, 0.6) is 0 Å². The van der Waals surface area contributed by atoms with Crippen molar-refractivity contribution in [2.75, 3.05) is 0 Å². The summed E-state index contributed by atoms with van der Waals surface area (Å²) in [6, 6.07) is 14.0. The molecular weight excluding hydrogens is 1120 g/mol. The predicted molar refractivity (Wildman–Crippen MR) is 204 cm³/mol. The third-order valence-corrected chi connectivity index (χ3v) is 12.9. The lowest BCUT2D eigenvalue weighted by Gasteiger charge is -2.27. The molecular formula is C30H26I6. The van der Waals surface area contributed by atoms with E-state index in [9.17, 15) is 0 Å². The van der Waals surface area contributed by atoms with E-state index in [4.69, 9.17) is 0 Å². The molecule has 3 aromatic rings. The Kier molecular flexibility index (Phi) is 11.9. The third kappa shape index (κ3) is 7.87. The van der Waals surface area contributed by atoms with Crippen molar-refractivity contribution < 1.29 is 0 Å². The SMILES string of the molecule is Cc1c(I)cc(C#Cc2c(I)cc(CCc3c(I)cc(C4CCC(C)CC4)cc3I)cc2I)cc1I. The van der Waals surface area contributed by atoms with Crippen molar-refractivity contribution in [3.05, 3.63) is 91.2 Å². The Labute approximate surface area is 297 Å². The van der Waals surface area contributed by atoms with Crippen LogP contribution in [0.1, 0.15) is 71.9 Å². The van der Waals surface area contributed by atoms with Crippen molar-refractivity contribution in [2.45, 2.75) is 58.3 Å². The smallest absolute Gasteiger partial charge is 0.0516 e. The van der Waals surface area contributed by atoms with E-state index in [0.717, 1.165) is 35.8 Å². The minimum Gasteiger partial charge on any atom is -0.0625 e. The summed E-state index contributed by atoms with van der Waals surface area (Å²) in [5, 5.41) is 0. The summed E-state index contributed by atoms with van der Waals surface area (Å²) in [5.74, 6) is 8.51. The van der Waals surface area contributed by atoms with Crippen LogP contribution >= 0.6 is 136 Å². The zero-order chi connectivity index (χ0) is 26.0.